The van der Waals surface area contributed by atoms with Gasteiger partial charge < -0.3 is 14.9 Å². The summed E-state index contributed by atoms with van der Waals surface area (Å²) in [5.74, 6) is -0.320. The summed E-state index contributed by atoms with van der Waals surface area (Å²) >= 11 is 0. The SMILES string of the molecule is C=CC(=C)O[C@@H]1[C@]2(C)C(=C(O)[C@@]3(C)C(=C)C(C(=C)C)=C(C)C[C@@]13C)C(=O)c1c(O)cccc1[C@H]2C. The van der Waals surface area contributed by atoms with E-state index in [1.807, 2.05) is 33.8 Å². The molecule has 0 radical (unpaired) electrons. The number of carbonyl (C=O) groups excluding carboxylic acids is 1. The Morgan fingerprint density at radius 2 is 1.83 bits per heavy atom. The van der Waals surface area contributed by atoms with E-state index in [0.717, 1.165) is 22.3 Å². The molecule has 0 spiro atoms. The minimum atomic E-state index is -1.01. The molecule has 4 nitrogen and oxygen atoms in total. The number of rotatable bonds is 4. The van der Waals surface area contributed by atoms with Gasteiger partial charge in [-0.25, -0.2) is 0 Å². The lowest BCUT2D eigenvalue weighted by Crippen LogP contribution is -2.64. The lowest BCUT2D eigenvalue weighted by molar-refractivity contribution is -0.132. The van der Waals surface area contributed by atoms with Crippen molar-refractivity contribution in [3.63, 3.8) is 0 Å². The summed E-state index contributed by atoms with van der Waals surface area (Å²) in [4.78, 5) is 14.1. The number of ketones is 1. The summed E-state index contributed by atoms with van der Waals surface area (Å²) in [5.41, 5.74) is 2.26. The smallest absolute Gasteiger partial charge is 0.197 e. The van der Waals surface area contributed by atoms with Crippen molar-refractivity contribution in [3.05, 3.63) is 101 Å². The van der Waals surface area contributed by atoms with Crippen LogP contribution in [0.15, 0.2) is 90.0 Å². The summed E-state index contributed by atoms with van der Waals surface area (Å²) in [6.07, 6.45) is 1.63. The summed E-state index contributed by atoms with van der Waals surface area (Å²) in [5, 5.41) is 22.8. The van der Waals surface area contributed by atoms with E-state index in [2.05, 4.69) is 40.2 Å². The molecule has 0 bridgehead atoms. The fraction of sp³-hybridized carbons (Fsp3) is 0.387. The van der Waals surface area contributed by atoms with E-state index in [-0.39, 0.29) is 34.3 Å². The molecule has 4 rings (SSSR count). The molecule has 0 amide bonds. The molecule has 5 atom stereocenters. The van der Waals surface area contributed by atoms with Crippen LogP contribution in [-0.4, -0.2) is 22.1 Å². The Hall–Kier alpha value is -3.27. The van der Waals surface area contributed by atoms with Crippen LogP contribution in [0.1, 0.15) is 69.8 Å². The summed E-state index contributed by atoms with van der Waals surface area (Å²) in [6, 6.07) is 5.13. The van der Waals surface area contributed by atoms with Crippen molar-refractivity contribution in [2.24, 2.45) is 16.2 Å². The number of hydrogen-bond acceptors (Lipinski definition) is 4. The molecule has 35 heavy (non-hydrogen) atoms. The van der Waals surface area contributed by atoms with Gasteiger partial charge in [-0.3, -0.25) is 4.79 Å². The fourth-order valence-corrected chi connectivity index (χ4v) is 7.22. The second-order valence-corrected chi connectivity index (χ2v) is 11.1. The summed E-state index contributed by atoms with van der Waals surface area (Å²) in [6.45, 7) is 28.5. The minimum Gasteiger partial charge on any atom is -0.511 e. The third kappa shape index (κ3) is 2.83. The van der Waals surface area contributed by atoms with Crippen LogP contribution < -0.4 is 0 Å². The third-order valence-electron chi connectivity index (χ3n) is 9.30. The van der Waals surface area contributed by atoms with Crippen molar-refractivity contribution < 1.29 is 19.7 Å². The molecule has 0 aliphatic heterocycles. The van der Waals surface area contributed by atoms with Crippen LogP contribution in [0.3, 0.4) is 0 Å². The van der Waals surface area contributed by atoms with Gasteiger partial charge in [-0.1, -0.05) is 70.4 Å². The number of hydrogen-bond donors (Lipinski definition) is 2. The number of aliphatic hydroxyl groups is 1. The molecular weight excluding hydrogens is 436 g/mol. The van der Waals surface area contributed by atoms with E-state index in [9.17, 15) is 15.0 Å². The Morgan fingerprint density at radius 1 is 1.20 bits per heavy atom. The minimum absolute atomic E-state index is 0.00596. The zero-order valence-corrected chi connectivity index (χ0v) is 21.7. The van der Waals surface area contributed by atoms with Crippen molar-refractivity contribution >= 4 is 5.78 Å². The molecular formula is C31H36O4. The maximum absolute atomic E-state index is 14.1. The van der Waals surface area contributed by atoms with Crippen molar-refractivity contribution in [1.82, 2.24) is 0 Å². The van der Waals surface area contributed by atoms with Gasteiger partial charge in [0.2, 0.25) is 0 Å². The van der Waals surface area contributed by atoms with Crippen LogP contribution in [0.5, 0.6) is 5.75 Å². The molecule has 0 aromatic heterocycles. The number of aliphatic hydroxyl groups excluding tert-OH is 1. The van der Waals surface area contributed by atoms with Crippen LogP contribution in [-0.2, 0) is 4.74 Å². The molecule has 0 unspecified atom stereocenters. The highest BCUT2D eigenvalue weighted by atomic mass is 16.5. The number of phenolic OH excluding ortho intramolecular Hbond substituents is 1. The molecule has 4 heteroatoms. The second kappa shape index (κ2) is 7.61. The zero-order chi connectivity index (χ0) is 26.2. The highest BCUT2D eigenvalue weighted by molar-refractivity contribution is 6.14. The molecule has 3 aliphatic carbocycles. The van der Waals surface area contributed by atoms with Crippen LogP contribution in [0.25, 0.3) is 0 Å². The first-order valence-corrected chi connectivity index (χ1v) is 12.0. The zero-order valence-electron chi connectivity index (χ0n) is 21.7. The van der Waals surface area contributed by atoms with E-state index in [1.54, 1.807) is 12.1 Å². The first kappa shape index (κ1) is 24.8. The van der Waals surface area contributed by atoms with Crippen molar-refractivity contribution in [3.8, 4) is 5.75 Å². The van der Waals surface area contributed by atoms with Gasteiger partial charge in [0.15, 0.2) is 5.78 Å². The maximum Gasteiger partial charge on any atom is 0.197 e. The predicted octanol–water partition coefficient (Wildman–Crippen LogP) is 7.47. The van der Waals surface area contributed by atoms with Gasteiger partial charge >= 0.3 is 0 Å². The fourth-order valence-electron chi connectivity index (χ4n) is 7.22. The average Bonchev–Trinajstić information content (AvgIpc) is 2.77. The number of Topliss-reactive ketones (excluding diaryl/α,β-unsaturated/α-hetero) is 1. The number of phenols is 1. The van der Waals surface area contributed by atoms with E-state index < -0.39 is 22.3 Å². The summed E-state index contributed by atoms with van der Waals surface area (Å²) < 4.78 is 6.60. The Kier molecular flexibility index (Phi) is 5.40. The van der Waals surface area contributed by atoms with Crippen molar-refractivity contribution in [2.75, 3.05) is 0 Å². The molecule has 0 heterocycles. The monoisotopic (exact) mass is 472 g/mol. The maximum atomic E-state index is 14.1. The summed E-state index contributed by atoms with van der Waals surface area (Å²) in [7, 11) is 0. The molecule has 2 N–H and O–H groups in total. The Labute approximate surface area is 208 Å². The van der Waals surface area contributed by atoms with Crippen LogP contribution in [0, 0.1) is 16.2 Å². The largest absolute Gasteiger partial charge is 0.511 e. The van der Waals surface area contributed by atoms with Crippen molar-refractivity contribution in [1.29, 1.82) is 0 Å². The van der Waals surface area contributed by atoms with Gasteiger partial charge in [-0.2, -0.15) is 0 Å². The van der Waals surface area contributed by atoms with Gasteiger partial charge in [0.25, 0.3) is 0 Å². The van der Waals surface area contributed by atoms with Gasteiger partial charge in [-0.05, 0) is 62.0 Å². The number of fused-ring (bicyclic) bond motifs is 3. The highest BCUT2D eigenvalue weighted by Crippen LogP contribution is 2.71. The molecule has 184 valence electrons. The van der Waals surface area contributed by atoms with Gasteiger partial charge in [-0.15, -0.1) is 0 Å². The first-order chi connectivity index (χ1) is 16.2. The predicted molar refractivity (Wildman–Crippen MR) is 140 cm³/mol. The van der Waals surface area contributed by atoms with E-state index in [0.29, 0.717) is 17.8 Å². The Balaban J connectivity index is 2.16. The number of allylic oxidation sites excluding steroid dienone is 5. The van der Waals surface area contributed by atoms with Crippen LogP contribution in [0.2, 0.25) is 0 Å². The van der Waals surface area contributed by atoms with Crippen LogP contribution >= 0.6 is 0 Å². The lowest BCUT2D eigenvalue weighted by Gasteiger charge is -2.64. The Bertz CT molecular complexity index is 1290. The van der Waals surface area contributed by atoms with E-state index >= 15 is 0 Å². The normalized spacial score (nSPS) is 34.1. The molecule has 3 aliphatic rings. The lowest BCUT2D eigenvalue weighted by atomic mass is 9.40. The third-order valence-corrected chi connectivity index (χ3v) is 9.30. The number of carbonyl (C=O) groups is 1. The number of aromatic hydroxyl groups is 1. The highest BCUT2D eigenvalue weighted by Gasteiger charge is 2.70. The standard InChI is InChI=1S/C31H36O4/c1-11-18(5)35-28-29(8)15-17(4)23(16(2)3)20(7)31(29,10)27(34)25-26(33)24-21(13-12-14-22(24)32)19(6)30(25,28)9/h11-14,19,28,32,34H,1-2,5,7,15H2,3-4,6,8-10H3/t19-,28+,29+,30+,31-/m1/s1. The number of ether oxygens (including phenoxy) is 1. The van der Waals surface area contributed by atoms with Gasteiger partial charge in [0.05, 0.1) is 11.0 Å². The van der Waals surface area contributed by atoms with Gasteiger partial charge in [0.1, 0.15) is 23.4 Å². The average molecular weight is 473 g/mol. The molecule has 0 saturated heterocycles. The topological polar surface area (TPSA) is 66.8 Å². The van der Waals surface area contributed by atoms with Crippen molar-refractivity contribution in [2.45, 2.75) is 60.0 Å². The second-order valence-electron chi connectivity index (χ2n) is 11.1. The molecule has 0 fully saturated rings. The van der Waals surface area contributed by atoms with E-state index in [4.69, 9.17) is 4.74 Å². The number of benzene rings is 1. The molecule has 1 aromatic rings. The molecule has 1 aromatic carbocycles. The quantitative estimate of drug-likeness (QED) is 0.352. The first-order valence-electron chi connectivity index (χ1n) is 12.0. The molecule has 0 saturated carbocycles. The van der Waals surface area contributed by atoms with Crippen LogP contribution in [0.4, 0.5) is 0 Å². The van der Waals surface area contributed by atoms with Gasteiger partial charge in [0, 0.05) is 16.4 Å². The Morgan fingerprint density at radius 3 is 2.40 bits per heavy atom. The van der Waals surface area contributed by atoms with E-state index in [1.165, 1.54) is 6.07 Å².